The topological polar surface area (TPSA) is 69.9 Å². The smallest absolute Gasteiger partial charge is 0.111 e. The minimum atomic E-state index is -1.04. The van der Waals surface area contributed by atoms with E-state index in [9.17, 15) is 15.3 Å². The minimum absolute atomic E-state index is 0.192. The highest BCUT2D eigenvalue weighted by Crippen LogP contribution is 2.37. The Morgan fingerprint density at radius 2 is 1.93 bits per heavy atom. The largest absolute Gasteiger partial charge is 0.394 e. The first-order valence-corrected chi connectivity index (χ1v) is 11.2. The molecule has 5 atom stereocenters. The molecule has 3 unspecified atom stereocenters. The van der Waals surface area contributed by atoms with Crippen molar-refractivity contribution in [3.8, 4) is 0 Å². The molecule has 2 aromatic rings. The van der Waals surface area contributed by atoms with Crippen LogP contribution in [0.2, 0.25) is 5.02 Å². The highest BCUT2D eigenvalue weighted by molar-refractivity contribution is 7.12. The number of rotatable bonds is 4. The van der Waals surface area contributed by atoms with Gasteiger partial charge < -0.3 is 20.1 Å². The van der Waals surface area contributed by atoms with Crippen LogP contribution in [0.5, 0.6) is 0 Å². The van der Waals surface area contributed by atoms with Crippen molar-refractivity contribution in [3.05, 3.63) is 55.7 Å². The predicted octanol–water partition coefficient (Wildman–Crippen LogP) is 3.66. The molecule has 28 heavy (non-hydrogen) atoms. The van der Waals surface area contributed by atoms with Crippen molar-refractivity contribution >= 4 is 22.9 Å². The first kappa shape index (κ1) is 20.3. The SMILES string of the molecule is C[C@@H]1C(CO)OC(c2ccc(Cl)c(Cc3cc4c(s3)CCCC4)c2)[C@H](O)C1O. The fourth-order valence-electron chi connectivity index (χ4n) is 4.32. The van der Waals surface area contributed by atoms with Crippen molar-refractivity contribution in [2.75, 3.05) is 6.61 Å². The van der Waals surface area contributed by atoms with Crippen LogP contribution in [-0.4, -0.2) is 40.2 Å². The number of halogens is 1. The summed E-state index contributed by atoms with van der Waals surface area (Å²) in [4.78, 5) is 2.81. The third-order valence-electron chi connectivity index (χ3n) is 6.10. The first-order chi connectivity index (χ1) is 13.5. The summed E-state index contributed by atoms with van der Waals surface area (Å²) >= 11 is 8.34. The Labute approximate surface area is 174 Å². The van der Waals surface area contributed by atoms with Crippen molar-refractivity contribution in [2.45, 2.75) is 63.4 Å². The summed E-state index contributed by atoms with van der Waals surface area (Å²) in [5, 5.41) is 31.2. The molecule has 4 rings (SSSR count). The van der Waals surface area contributed by atoms with Gasteiger partial charge in [0.2, 0.25) is 0 Å². The fourth-order valence-corrected chi connectivity index (χ4v) is 5.79. The highest BCUT2D eigenvalue weighted by atomic mass is 35.5. The first-order valence-electron chi connectivity index (χ1n) is 9.99. The molecule has 1 aromatic heterocycles. The number of ether oxygens (including phenoxy) is 1. The van der Waals surface area contributed by atoms with Gasteiger partial charge in [0.1, 0.15) is 12.2 Å². The third-order valence-corrected chi connectivity index (χ3v) is 7.70. The third kappa shape index (κ3) is 3.89. The van der Waals surface area contributed by atoms with Crippen molar-refractivity contribution in [2.24, 2.45) is 5.92 Å². The number of aliphatic hydroxyl groups is 3. The van der Waals surface area contributed by atoms with Crippen molar-refractivity contribution < 1.29 is 20.1 Å². The minimum Gasteiger partial charge on any atom is -0.394 e. The molecular formula is C22H27ClO4S. The molecular weight excluding hydrogens is 396 g/mol. The lowest BCUT2D eigenvalue weighted by atomic mass is 9.85. The lowest BCUT2D eigenvalue weighted by Crippen LogP contribution is -2.50. The van der Waals surface area contributed by atoms with Gasteiger partial charge in [0, 0.05) is 27.1 Å². The molecule has 3 N–H and O–H groups in total. The maximum atomic E-state index is 10.5. The summed E-state index contributed by atoms with van der Waals surface area (Å²) in [6, 6.07) is 7.93. The van der Waals surface area contributed by atoms with Gasteiger partial charge in [-0.1, -0.05) is 30.7 Å². The molecule has 0 amide bonds. The van der Waals surface area contributed by atoms with Gasteiger partial charge in [-0.05, 0) is 54.5 Å². The Bertz CT molecular complexity index is 810. The lowest BCUT2D eigenvalue weighted by Gasteiger charge is -2.41. The van der Waals surface area contributed by atoms with Gasteiger partial charge >= 0.3 is 0 Å². The van der Waals surface area contributed by atoms with Crippen LogP contribution in [0.3, 0.4) is 0 Å². The highest BCUT2D eigenvalue weighted by Gasteiger charge is 2.42. The Kier molecular flexibility index (Phi) is 6.12. The monoisotopic (exact) mass is 422 g/mol. The Morgan fingerprint density at radius 3 is 2.68 bits per heavy atom. The molecule has 4 nitrogen and oxygen atoms in total. The van der Waals surface area contributed by atoms with Gasteiger partial charge in [0.25, 0.3) is 0 Å². The summed E-state index contributed by atoms with van der Waals surface area (Å²) in [6.45, 7) is 1.58. The van der Waals surface area contributed by atoms with Gasteiger partial charge in [-0.25, -0.2) is 0 Å². The molecule has 0 saturated carbocycles. The number of aryl methyl sites for hydroxylation is 2. The molecule has 0 spiro atoms. The van der Waals surface area contributed by atoms with Crippen molar-refractivity contribution in [1.82, 2.24) is 0 Å². The molecule has 1 fully saturated rings. The average Bonchev–Trinajstić information content (AvgIpc) is 3.11. The summed E-state index contributed by atoms with van der Waals surface area (Å²) in [7, 11) is 0. The molecule has 2 aliphatic rings. The van der Waals surface area contributed by atoms with Crippen molar-refractivity contribution in [1.29, 1.82) is 0 Å². The van der Waals surface area contributed by atoms with Crippen LogP contribution in [-0.2, 0) is 24.0 Å². The van der Waals surface area contributed by atoms with Crippen molar-refractivity contribution in [3.63, 3.8) is 0 Å². The zero-order valence-electron chi connectivity index (χ0n) is 16.0. The Hall–Kier alpha value is -0.950. The number of benzene rings is 1. The number of aliphatic hydroxyl groups excluding tert-OH is 3. The number of fused-ring (bicyclic) bond motifs is 1. The van der Waals surface area contributed by atoms with Gasteiger partial charge in [-0.15, -0.1) is 11.3 Å². The summed E-state index contributed by atoms with van der Waals surface area (Å²) in [5.41, 5.74) is 3.24. The van der Waals surface area contributed by atoms with Gasteiger partial charge in [-0.3, -0.25) is 0 Å². The predicted molar refractivity (Wildman–Crippen MR) is 111 cm³/mol. The van der Waals surface area contributed by atoms with E-state index in [-0.39, 0.29) is 12.5 Å². The van der Waals surface area contributed by atoms with E-state index in [1.165, 1.54) is 41.0 Å². The number of thiophene rings is 1. The van der Waals surface area contributed by atoms with Gasteiger partial charge in [-0.2, -0.15) is 0 Å². The van der Waals surface area contributed by atoms with Crippen LogP contribution in [0.1, 0.15) is 52.3 Å². The zero-order chi connectivity index (χ0) is 19.8. The standard InChI is InChI=1S/C22H27ClO4S/c1-12-18(11-24)27-22(21(26)20(12)25)14-6-7-17(23)15(8-14)10-16-9-13-4-2-3-5-19(13)28-16/h6-9,12,18,20-22,24-26H,2-5,10-11H2,1H3/t12-,18?,20?,21-,22?/m1/s1. The molecule has 1 aromatic carbocycles. The second kappa shape index (κ2) is 8.42. The molecule has 2 heterocycles. The molecule has 1 saturated heterocycles. The van der Waals surface area contributed by atoms with E-state index in [4.69, 9.17) is 16.3 Å². The molecule has 1 aliphatic carbocycles. The van der Waals surface area contributed by atoms with Crippen LogP contribution in [0.4, 0.5) is 0 Å². The lowest BCUT2D eigenvalue weighted by molar-refractivity contribution is -0.207. The molecule has 152 valence electrons. The normalized spacial score (nSPS) is 30.2. The average molecular weight is 423 g/mol. The molecule has 1 aliphatic heterocycles. The summed E-state index contributed by atoms with van der Waals surface area (Å²) < 4.78 is 5.93. The van der Waals surface area contributed by atoms with Gasteiger partial charge in [0.15, 0.2) is 0 Å². The second-order valence-electron chi connectivity index (χ2n) is 8.01. The van der Waals surface area contributed by atoms with E-state index in [0.717, 1.165) is 17.5 Å². The summed E-state index contributed by atoms with van der Waals surface area (Å²) in [6.07, 6.45) is 2.45. The maximum absolute atomic E-state index is 10.5. The number of hydrogen-bond acceptors (Lipinski definition) is 5. The summed E-state index contributed by atoms with van der Waals surface area (Å²) in [5.74, 6) is -0.333. The van der Waals surface area contributed by atoms with Crippen LogP contribution in [0, 0.1) is 5.92 Å². The molecule has 6 heteroatoms. The van der Waals surface area contributed by atoms with E-state index < -0.39 is 24.4 Å². The zero-order valence-corrected chi connectivity index (χ0v) is 17.5. The fraction of sp³-hybridized carbons (Fsp3) is 0.545. The second-order valence-corrected chi connectivity index (χ2v) is 9.64. The van der Waals surface area contributed by atoms with E-state index in [2.05, 4.69) is 6.07 Å². The van der Waals surface area contributed by atoms with Crippen LogP contribution in [0.15, 0.2) is 24.3 Å². The van der Waals surface area contributed by atoms with E-state index >= 15 is 0 Å². The Morgan fingerprint density at radius 1 is 1.14 bits per heavy atom. The van der Waals surface area contributed by atoms with Gasteiger partial charge in [0.05, 0.1) is 18.8 Å². The molecule has 0 radical (unpaired) electrons. The quantitative estimate of drug-likeness (QED) is 0.703. The molecule has 0 bridgehead atoms. The van der Waals surface area contributed by atoms with Crippen LogP contribution in [0.25, 0.3) is 0 Å². The van der Waals surface area contributed by atoms with E-state index in [1.54, 1.807) is 6.92 Å². The Balaban J connectivity index is 1.59. The van der Waals surface area contributed by atoms with Crippen LogP contribution >= 0.6 is 22.9 Å². The van der Waals surface area contributed by atoms with E-state index in [1.807, 2.05) is 29.5 Å². The van der Waals surface area contributed by atoms with Crippen LogP contribution < -0.4 is 0 Å². The maximum Gasteiger partial charge on any atom is 0.111 e. The van der Waals surface area contributed by atoms with E-state index in [0.29, 0.717) is 5.02 Å². The number of hydrogen-bond donors (Lipinski definition) is 3.